The van der Waals surface area contributed by atoms with Crippen LogP contribution in [0.5, 0.6) is 5.75 Å². The molecule has 0 aliphatic heterocycles. The van der Waals surface area contributed by atoms with E-state index in [4.69, 9.17) is 10.5 Å². The molecule has 136 valence electrons. The summed E-state index contributed by atoms with van der Waals surface area (Å²) in [5.74, 6) is 0.554. The summed E-state index contributed by atoms with van der Waals surface area (Å²) in [6.45, 7) is 5.05. The van der Waals surface area contributed by atoms with Crippen LogP contribution in [0, 0.1) is 12.8 Å². The summed E-state index contributed by atoms with van der Waals surface area (Å²) < 4.78 is 5.64. The van der Waals surface area contributed by atoms with Crippen molar-refractivity contribution in [3.05, 3.63) is 65.7 Å². The molecule has 25 heavy (non-hydrogen) atoms. The van der Waals surface area contributed by atoms with Crippen LogP contribution in [-0.4, -0.2) is 19.1 Å². The van der Waals surface area contributed by atoms with Gasteiger partial charge in [-0.05, 0) is 31.0 Å². The van der Waals surface area contributed by atoms with Crippen molar-refractivity contribution in [2.75, 3.05) is 13.2 Å². The van der Waals surface area contributed by atoms with Gasteiger partial charge in [-0.2, -0.15) is 0 Å². The predicted molar refractivity (Wildman–Crippen MR) is 104 cm³/mol. The third-order valence-corrected chi connectivity index (χ3v) is 4.05. The summed E-state index contributed by atoms with van der Waals surface area (Å²) in [5.41, 5.74) is 8.35. The molecule has 0 bridgehead atoms. The molecule has 0 fully saturated rings. The van der Waals surface area contributed by atoms with Crippen LogP contribution >= 0.6 is 12.4 Å². The molecule has 1 amide bonds. The van der Waals surface area contributed by atoms with Gasteiger partial charge in [-0.25, -0.2) is 0 Å². The molecule has 0 spiro atoms. The van der Waals surface area contributed by atoms with Crippen molar-refractivity contribution in [3.8, 4) is 5.75 Å². The molecular formula is C20H27ClN2O2. The number of aryl methyl sites for hydroxylation is 1. The second-order valence-electron chi connectivity index (χ2n) is 6.03. The molecule has 0 radical (unpaired) electrons. The molecule has 2 atom stereocenters. The van der Waals surface area contributed by atoms with E-state index in [1.165, 1.54) is 5.56 Å². The molecule has 0 heterocycles. The molecule has 2 aromatic rings. The average molecular weight is 363 g/mol. The fourth-order valence-electron chi connectivity index (χ4n) is 2.40. The zero-order chi connectivity index (χ0) is 17.4. The summed E-state index contributed by atoms with van der Waals surface area (Å²) in [4.78, 5) is 12.2. The van der Waals surface area contributed by atoms with Crippen LogP contribution in [0.15, 0.2) is 54.6 Å². The second-order valence-corrected chi connectivity index (χ2v) is 6.03. The first kappa shape index (κ1) is 21.0. The summed E-state index contributed by atoms with van der Waals surface area (Å²) >= 11 is 0. The number of hydrogen-bond acceptors (Lipinski definition) is 3. The summed E-state index contributed by atoms with van der Waals surface area (Å²) in [5, 5.41) is 2.93. The van der Waals surface area contributed by atoms with E-state index in [2.05, 4.69) is 5.32 Å². The van der Waals surface area contributed by atoms with Gasteiger partial charge in [0.1, 0.15) is 5.75 Å². The van der Waals surface area contributed by atoms with E-state index in [-0.39, 0.29) is 30.3 Å². The van der Waals surface area contributed by atoms with Gasteiger partial charge in [0.05, 0.1) is 12.5 Å². The van der Waals surface area contributed by atoms with Gasteiger partial charge in [0, 0.05) is 12.6 Å². The van der Waals surface area contributed by atoms with Crippen molar-refractivity contribution >= 4 is 18.3 Å². The van der Waals surface area contributed by atoms with Crippen LogP contribution in [0.2, 0.25) is 0 Å². The smallest absolute Gasteiger partial charge is 0.224 e. The van der Waals surface area contributed by atoms with Crippen molar-refractivity contribution in [2.24, 2.45) is 11.7 Å². The van der Waals surface area contributed by atoms with Crippen LogP contribution in [0.4, 0.5) is 0 Å². The maximum Gasteiger partial charge on any atom is 0.224 e. The lowest BCUT2D eigenvalue weighted by atomic mass is 9.95. The maximum atomic E-state index is 12.2. The molecule has 4 nitrogen and oxygen atoms in total. The number of carbonyl (C=O) groups excluding carboxylic acids is 1. The zero-order valence-corrected chi connectivity index (χ0v) is 15.6. The molecular weight excluding hydrogens is 336 g/mol. The van der Waals surface area contributed by atoms with E-state index in [1.54, 1.807) is 0 Å². The van der Waals surface area contributed by atoms with Crippen molar-refractivity contribution in [2.45, 2.75) is 26.3 Å². The largest absolute Gasteiger partial charge is 0.494 e. The first-order chi connectivity index (χ1) is 11.6. The average Bonchev–Trinajstić information content (AvgIpc) is 2.62. The fourth-order valence-corrected chi connectivity index (χ4v) is 2.40. The van der Waals surface area contributed by atoms with Gasteiger partial charge >= 0.3 is 0 Å². The molecule has 5 heteroatoms. The number of carbonyl (C=O) groups is 1. The molecule has 2 aromatic carbocycles. The Labute approximate surface area is 156 Å². The number of benzene rings is 2. The molecule has 0 saturated heterocycles. The highest BCUT2D eigenvalue weighted by atomic mass is 35.5. The summed E-state index contributed by atoms with van der Waals surface area (Å²) in [7, 11) is 0. The van der Waals surface area contributed by atoms with E-state index in [0.717, 1.165) is 17.7 Å². The Morgan fingerprint density at radius 1 is 1.12 bits per heavy atom. The van der Waals surface area contributed by atoms with Crippen LogP contribution in [0.3, 0.4) is 0 Å². The molecule has 0 aromatic heterocycles. The lowest BCUT2D eigenvalue weighted by molar-refractivity contribution is -0.125. The number of hydrogen-bond donors (Lipinski definition) is 2. The number of halogens is 1. The Balaban J connectivity index is 0.00000312. The quantitative estimate of drug-likeness (QED) is 0.704. The third kappa shape index (κ3) is 6.77. The van der Waals surface area contributed by atoms with Crippen LogP contribution in [-0.2, 0) is 4.79 Å². The van der Waals surface area contributed by atoms with E-state index >= 15 is 0 Å². The highest BCUT2D eigenvalue weighted by Crippen LogP contribution is 2.19. The van der Waals surface area contributed by atoms with E-state index in [0.29, 0.717) is 13.2 Å². The molecule has 3 N–H and O–H groups in total. The number of ether oxygens (including phenoxy) is 1. The standard InChI is InChI=1S/C20H26N2O2.ClH/c1-15-9-11-18(12-10-15)24-14-6-13-22-20(23)16(2)19(21)17-7-4-3-5-8-17;/h3-5,7-12,16,19H,6,13-14,21H2,1-2H3,(H,22,23);1H. The van der Waals surface area contributed by atoms with E-state index < -0.39 is 0 Å². The van der Waals surface area contributed by atoms with Gasteiger partial charge in [-0.15, -0.1) is 12.4 Å². The van der Waals surface area contributed by atoms with Crippen LogP contribution < -0.4 is 15.8 Å². The Morgan fingerprint density at radius 3 is 2.40 bits per heavy atom. The number of amides is 1. The minimum absolute atomic E-state index is 0. The lowest BCUT2D eigenvalue weighted by Gasteiger charge is -2.19. The maximum absolute atomic E-state index is 12.2. The predicted octanol–water partition coefficient (Wildman–Crippen LogP) is 3.64. The highest BCUT2D eigenvalue weighted by molar-refractivity contribution is 5.85. The molecule has 2 unspecified atom stereocenters. The topological polar surface area (TPSA) is 64.3 Å². The fraction of sp³-hybridized carbons (Fsp3) is 0.350. The number of nitrogens with one attached hydrogen (secondary N) is 1. The zero-order valence-electron chi connectivity index (χ0n) is 14.8. The number of rotatable bonds is 8. The molecule has 0 aliphatic rings. The SMILES string of the molecule is Cc1ccc(OCCCNC(=O)C(C)C(N)c2ccccc2)cc1.Cl. The Kier molecular flexibility index (Phi) is 9.03. The highest BCUT2D eigenvalue weighted by Gasteiger charge is 2.21. The Hall–Kier alpha value is -2.04. The van der Waals surface area contributed by atoms with Gasteiger partial charge in [0.15, 0.2) is 0 Å². The monoisotopic (exact) mass is 362 g/mol. The van der Waals surface area contributed by atoms with Crippen LogP contribution in [0.25, 0.3) is 0 Å². The van der Waals surface area contributed by atoms with Crippen molar-refractivity contribution in [1.82, 2.24) is 5.32 Å². The van der Waals surface area contributed by atoms with Gasteiger partial charge in [0.25, 0.3) is 0 Å². The normalized spacial score (nSPS) is 12.6. The molecule has 0 saturated carbocycles. The minimum Gasteiger partial charge on any atom is -0.494 e. The van der Waals surface area contributed by atoms with E-state index in [1.807, 2.05) is 68.4 Å². The minimum atomic E-state index is -0.296. The second kappa shape index (κ2) is 10.7. The Morgan fingerprint density at radius 2 is 1.76 bits per heavy atom. The van der Waals surface area contributed by atoms with Gasteiger partial charge < -0.3 is 15.8 Å². The summed E-state index contributed by atoms with van der Waals surface area (Å²) in [6, 6.07) is 17.3. The third-order valence-electron chi connectivity index (χ3n) is 4.05. The Bertz CT molecular complexity index is 632. The van der Waals surface area contributed by atoms with Crippen molar-refractivity contribution in [1.29, 1.82) is 0 Å². The molecule has 2 rings (SSSR count). The first-order valence-electron chi connectivity index (χ1n) is 8.35. The lowest BCUT2D eigenvalue weighted by Crippen LogP contribution is -2.36. The number of nitrogens with two attached hydrogens (primary N) is 1. The van der Waals surface area contributed by atoms with Gasteiger partial charge in [-0.1, -0.05) is 55.0 Å². The summed E-state index contributed by atoms with van der Waals surface area (Å²) in [6.07, 6.45) is 0.757. The van der Waals surface area contributed by atoms with Crippen molar-refractivity contribution in [3.63, 3.8) is 0 Å². The van der Waals surface area contributed by atoms with Gasteiger partial charge in [-0.3, -0.25) is 4.79 Å². The first-order valence-corrected chi connectivity index (χ1v) is 8.35. The van der Waals surface area contributed by atoms with Gasteiger partial charge in [0.2, 0.25) is 5.91 Å². The van der Waals surface area contributed by atoms with Crippen molar-refractivity contribution < 1.29 is 9.53 Å². The van der Waals surface area contributed by atoms with Crippen LogP contribution in [0.1, 0.15) is 30.5 Å². The van der Waals surface area contributed by atoms with E-state index in [9.17, 15) is 4.79 Å². The molecule has 0 aliphatic carbocycles.